The van der Waals surface area contributed by atoms with Gasteiger partial charge in [0.2, 0.25) is 11.8 Å². The number of unbranched alkanes of at least 4 members (excludes halogenated alkanes) is 2. The van der Waals surface area contributed by atoms with Crippen molar-refractivity contribution in [1.82, 2.24) is 9.80 Å². The van der Waals surface area contributed by atoms with Crippen molar-refractivity contribution in [2.24, 2.45) is 11.8 Å². The van der Waals surface area contributed by atoms with Crippen LogP contribution in [0.4, 0.5) is 0 Å². The van der Waals surface area contributed by atoms with E-state index in [-0.39, 0.29) is 11.8 Å². The average Bonchev–Trinajstić information content (AvgIpc) is 3.22. The fourth-order valence-corrected chi connectivity index (χ4v) is 3.96. The maximum Gasteiger partial charge on any atom is 0.225 e. The first-order valence-electron chi connectivity index (χ1n) is 10.9. The Balaban J connectivity index is 0.000000273. The van der Waals surface area contributed by atoms with Gasteiger partial charge in [0.1, 0.15) is 0 Å². The van der Waals surface area contributed by atoms with Crippen molar-refractivity contribution < 1.29 is 9.59 Å². The first kappa shape index (κ1) is 23.0. The molecule has 2 heterocycles. The van der Waals surface area contributed by atoms with Crippen molar-refractivity contribution in [3.63, 3.8) is 0 Å². The number of hydrogen-bond donors (Lipinski definition) is 0. The summed E-state index contributed by atoms with van der Waals surface area (Å²) in [6, 6.07) is 0.955. The zero-order valence-electron chi connectivity index (χ0n) is 18.1. The number of carbonyl (C=O) groups is 2. The van der Waals surface area contributed by atoms with Crippen molar-refractivity contribution >= 4 is 11.8 Å². The number of nitrogens with zero attached hydrogens (tertiary/aromatic N) is 2. The Morgan fingerprint density at radius 2 is 1.38 bits per heavy atom. The van der Waals surface area contributed by atoms with E-state index < -0.39 is 0 Å². The maximum atomic E-state index is 12.1. The van der Waals surface area contributed by atoms with Crippen LogP contribution in [-0.4, -0.2) is 46.8 Å². The standard InChI is InChI=1S/C13H25NO.C9H17NO/c1-4-5-6-8-11(2)13(15)14-10-7-9-12(14)3;1-7(2)9(11)10-6-4-5-8(10)3/h11-12H,4-10H2,1-3H3;7-8H,4-6H2,1-3H3. The van der Waals surface area contributed by atoms with Gasteiger partial charge in [-0.05, 0) is 46.0 Å². The van der Waals surface area contributed by atoms with Gasteiger partial charge in [-0.15, -0.1) is 0 Å². The minimum atomic E-state index is 0.163. The van der Waals surface area contributed by atoms with Gasteiger partial charge in [-0.25, -0.2) is 0 Å². The van der Waals surface area contributed by atoms with E-state index in [0.717, 1.165) is 19.5 Å². The zero-order chi connectivity index (χ0) is 19.7. The minimum Gasteiger partial charge on any atom is -0.340 e. The first-order chi connectivity index (χ1) is 12.3. The van der Waals surface area contributed by atoms with Crippen molar-refractivity contribution in [3.8, 4) is 0 Å². The highest BCUT2D eigenvalue weighted by atomic mass is 16.2. The van der Waals surface area contributed by atoms with Gasteiger partial charge in [0.05, 0.1) is 0 Å². The van der Waals surface area contributed by atoms with E-state index in [9.17, 15) is 9.59 Å². The molecule has 2 fully saturated rings. The van der Waals surface area contributed by atoms with Gasteiger partial charge in [-0.2, -0.15) is 0 Å². The second kappa shape index (κ2) is 11.6. The Kier molecular flexibility index (Phi) is 10.3. The van der Waals surface area contributed by atoms with Crippen molar-refractivity contribution in [2.75, 3.05) is 13.1 Å². The molecule has 0 aromatic rings. The fourth-order valence-electron chi connectivity index (χ4n) is 3.96. The van der Waals surface area contributed by atoms with Gasteiger partial charge >= 0.3 is 0 Å². The monoisotopic (exact) mass is 366 g/mol. The Hall–Kier alpha value is -1.06. The summed E-state index contributed by atoms with van der Waals surface area (Å²) in [5.74, 6) is 1.10. The number of likely N-dealkylation sites (tertiary alicyclic amines) is 2. The number of hydrogen-bond acceptors (Lipinski definition) is 2. The summed E-state index contributed by atoms with van der Waals surface area (Å²) >= 11 is 0. The molecular formula is C22H42N2O2. The minimum absolute atomic E-state index is 0.163. The van der Waals surface area contributed by atoms with Gasteiger partial charge in [0, 0.05) is 37.0 Å². The third-order valence-electron chi connectivity index (χ3n) is 5.83. The summed E-state index contributed by atoms with van der Waals surface area (Å²) in [7, 11) is 0. The maximum absolute atomic E-state index is 12.1. The molecule has 152 valence electrons. The molecule has 0 aromatic carbocycles. The molecule has 2 amide bonds. The molecule has 3 unspecified atom stereocenters. The molecule has 2 rings (SSSR count). The summed E-state index contributed by atoms with van der Waals surface area (Å²) < 4.78 is 0. The van der Waals surface area contributed by atoms with Crippen LogP contribution in [-0.2, 0) is 9.59 Å². The molecule has 3 atom stereocenters. The highest BCUT2D eigenvalue weighted by Crippen LogP contribution is 2.21. The van der Waals surface area contributed by atoms with E-state index in [1.165, 1.54) is 44.9 Å². The number of rotatable bonds is 6. The SMILES string of the molecule is CC(C)C(=O)N1CCCC1C.CCCCCC(C)C(=O)N1CCCC1C. The third kappa shape index (κ3) is 6.92. The molecule has 0 aromatic heterocycles. The molecular weight excluding hydrogens is 324 g/mol. The third-order valence-corrected chi connectivity index (χ3v) is 5.83. The highest BCUT2D eigenvalue weighted by molar-refractivity contribution is 5.79. The summed E-state index contributed by atoms with van der Waals surface area (Å²) in [5, 5.41) is 0. The Bertz CT molecular complexity index is 436. The molecule has 26 heavy (non-hydrogen) atoms. The average molecular weight is 367 g/mol. The highest BCUT2D eigenvalue weighted by Gasteiger charge is 2.28. The van der Waals surface area contributed by atoms with E-state index in [1.54, 1.807) is 0 Å². The van der Waals surface area contributed by atoms with Gasteiger partial charge in [-0.3, -0.25) is 9.59 Å². The van der Waals surface area contributed by atoms with Crippen molar-refractivity contribution in [1.29, 1.82) is 0 Å². The van der Waals surface area contributed by atoms with Gasteiger partial charge in [0.25, 0.3) is 0 Å². The van der Waals surface area contributed by atoms with Crippen LogP contribution in [0.5, 0.6) is 0 Å². The summed E-state index contributed by atoms with van der Waals surface area (Å²) in [4.78, 5) is 27.6. The second-order valence-corrected chi connectivity index (χ2v) is 8.60. The lowest BCUT2D eigenvalue weighted by atomic mass is 10.0. The van der Waals surface area contributed by atoms with Crippen LogP contribution in [0.25, 0.3) is 0 Å². The van der Waals surface area contributed by atoms with Crippen LogP contribution in [0.1, 0.15) is 92.9 Å². The van der Waals surface area contributed by atoms with Crippen LogP contribution < -0.4 is 0 Å². The van der Waals surface area contributed by atoms with Crippen LogP contribution in [0.3, 0.4) is 0 Å². The van der Waals surface area contributed by atoms with E-state index >= 15 is 0 Å². The number of carbonyl (C=O) groups excluding carboxylic acids is 2. The lowest BCUT2D eigenvalue weighted by Crippen LogP contribution is -2.37. The summed E-state index contributed by atoms with van der Waals surface area (Å²) in [6.45, 7) is 14.5. The quantitative estimate of drug-likeness (QED) is 0.629. The molecule has 0 N–H and O–H groups in total. The first-order valence-corrected chi connectivity index (χ1v) is 10.9. The predicted octanol–water partition coefficient (Wildman–Crippen LogP) is 4.87. The Morgan fingerprint density at radius 3 is 1.77 bits per heavy atom. The molecule has 0 spiro atoms. The molecule has 4 heteroatoms. The smallest absolute Gasteiger partial charge is 0.225 e. The zero-order valence-corrected chi connectivity index (χ0v) is 18.1. The molecule has 0 bridgehead atoms. The van der Waals surface area contributed by atoms with Crippen LogP contribution in [0.2, 0.25) is 0 Å². The van der Waals surface area contributed by atoms with E-state index in [1.807, 2.05) is 18.7 Å². The molecule has 4 nitrogen and oxygen atoms in total. The lowest BCUT2D eigenvalue weighted by Gasteiger charge is -2.25. The second-order valence-electron chi connectivity index (χ2n) is 8.60. The molecule has 2 saturated heterocycles. The van der Waals surface area contributed by atoms with E-state index in [2.05, 4.69) is 32.6 Å². The summed E-state index contributed by atoms with van der Waals surface area (Å²) in [6.07, 6.45) is 9.50. The normalized spacial score (nSPS) is 23.8. The van der Waals surface area contributed by atoms with Gasteiger partial charge in [0.15, 0.2) is 0 Å². The van der Waals surface area contributed by atoms with Crippen molar-refractivity contribution in [3.05, 3.63) is 0 Å². The van der Waals surface area contributed by atoms with Gasteiger partial charge < -0.3 is 9.80 Å². The molecule has 2 aliphatic heterocycles. The van der Waals surface area contributed by atoms with Crippen LogP contribution in [0.15, 0.2) is 0 Å². The largest absolute Gasteiger partial charge is 0.340 e. The van der Waals surface area contributed by atoms with Crippen LogP contribution >= 0.6 is 0 Å². The lowest BCUT2D eigenvalue weighted by molar-refractivity contribution is -0.136. The predicted molar refractivity (Wildman–Crippen MR) is 109 cm³/mol. The molecule has 0 saturated carbocycles. The Labute approximate surface area is 161 Å². The molecule has 0 radical (unpaired) electrons. The number of amides is 2. The van der Waals surface area contributed by atoms with E-state index in [4.69, 9.17) is 0 Å². The van der Waals surface area contributed by atoms with Crippen molar-refractivity contribution in [2.45, 2.75) is 105 Å². The van der Waals surface area contributed by atoms with Gasteiger partial charge in [-0.1, -0.05) is 47.0 Å². The Morgan fingerprint density at radius 1 is 0.885 bits per heavy atom. The van der Waals surface area contributed by atoms with Crippen LogP contribution in [0, 0.1) is 11.8 Å². The molecule has 0 aliphatic carbocycles. The summed E-state index contributed by atoms with van der Waals surface area (Å²) in [5.41, 5.74) is 0. The fraction of sp³-hybridized carbons (Fsp3) is 0.909. The van der Waals surface area contributed by atoms with E-state index in [0.29, 0.717) is 23.9 Å². The molecule has 2 aliphatic rings. The topological polar surface area (TPSA) is 40.6 Å².